The molecule has 0 spiro atoms. The lowest BCUT2D eigenvalue weighted by Crippen LogP contribution is -2.44. The molecule has 1 aromatic rings. The number of nitrogens with zero attached hydrogens (tertiary/aromatic N) is 1. The van der Waals surface area contributed by atoms with Gasteiger partial charge in [0, 0.05) is 23.7 Å². The number of rotatable bonds is 8. The second-order valence-corrected chi connectivity index (χ2v) is 7.47. The molecular weight excluding hydrogens is 370 g/mol. The normalized spacial score (nSPS) is 15.4. The van der Waals surface area contributed by atoms with Crippen LogP contribution in [0.5, 0.6) is 0 Å². The zero-order chi connectivity index (χ0) is 21.2. The smallest absolute Gasteiger partial charge is 0.330 e. The van der Waals surface area contributed by atoms with Gasteiger partial charge in [-0.3, -0.25) is 14.5 Å². The van der Waals surface area contributed by atoms with Crippen LogP contribution < -0.4 is 10.6 Å². The lowest BCUT2D eigenvalue weighted by molar-refractivity contribution is -0.137. The van der Waals surface area contributed by atoms with E-state index >= 15 is 0 Å². The third-order valence-corrected chi connectivity index (χ3v) is 4.65. The van der Waals surface area contributed by atoms with Crippen LogP contribution in [-0.2, 0) is 19.1 Å². The van der Waals surface area contributed by atoms with E-state index in [1.807, 2.05) is 26.0 Å². The molecule has 1 heterocycles. The number of amides is 2. The summed E-state index contributed by atoms with van der Waals surface area (Å²) in [5, 5.41) is 5.85. The third kappa shape index (κ3) is 8.07. The zero-order valence-corrected chi connectivity index (χ0v) is 17.4. The average molecular weight is 402 g/mol. The van der Waals surface area contributed by atoms with Crippen molar-refractivity contribution in [2.75, 3.05) is 31.6 Å². The Morgan fingerprint density at radius 3 is 2.41 bits per heavy atom. The molecule has 1 fully saturated rings. The number of likely N-dealkylation sites (tertiary alicyclic amines) is 1. The van der Waals surface area contributed by atoms with E-state index in [-0.39, 0.29) is 29.7 Å². The molecule has 1 saturated heterocycles. The minimum Gasteiger partial charge on any atom is -0.463 e. The van der Waals surface area contributed by atoms with Gasteiger partial charge in [0.25, 0.3) is 0 Å². The predicted molar refractivity (Wildman–Crippen MR) is 113 cm³/mol. The molecule has 2 amide bonds. The van der Waals surface area contributed by atoms with Gasteiger partial charge < -0.3 is 15.4 Å². The minimum atomic E-state index is -0.379. The number of hydrogen-bond donors (Lipinski definition) is 2. The molecule has 0 radical (unpaired) electrons. The highest BCUT2D eigenvalue weighted by Gasteiger charge is 2.26. The van der Waals surface area contributed by atoms with E-state index in [2.05, 4.69) is 15.5 Å². The summed E-state index contributed by atoms with van der Waals surface area (Å²) in [7, 11) is 0. The van der Waals surface area contributed by atoms with Crippen molar-refractivity contribution in [3.05, 3.63) is 35.9 Å². The molecule has 29 heavy (non-hydrogen) atoms. The van der Waals surface area contributed by atoms with Gasteiger partial charge in [0.2, 0.25) is 11.8 Å². The van der Waals surface area contributed by atoms with Crippen LogP contribution in [-0.4, -0.2) is 55.0 Å². The van der Waals surface area contributed by atoms with Crippen molar-refractivity contribution in [2.24, 2.45) is 5.92 Å². The molecule has 0 bridgehead atoms. The molecule has 0 unspecified atom stereocenters. The second kappa shape index (κ2) is 11.4. The van der Waals surface area contributed by atoms with E-state index < -0.39 is 0 Å². The van der Waals surface area contributed by atoms with Gasteiger partial charge in [-0.1, -0.05) is 12.1 Å². The zero-order valence-electron chi connectivity index (χ0n) is 17.4. The molecule has 7 nitrogen and oxygen atoms in total. The Labute approximate surface area is 172 Å². The maximum atomic E-state index is 12.3. The average Bonchev–Trinajstić information content (AvgIpc) is 2.67. The number of piperidine rings is 1. The maximum Gasteiger partial charge on any atom is 0.330 e. The number of carbonyl (C=O) groups excluding carboxylic acids is 3. The van der Waals surface area contributed by atoms with E-state index in [1.165, 1.54) is 6.08 Å². The van der Waals surface area contributed by atoms with Crippen LogP contribution in [0.2, 0.25) is 0 Å². The molecule has 0 aliphatic carbocycles. The van der Waals surface area contributed by atoms with E-state index in [4.69, 9.17) is 4.74 Å². The lowest BCUT2D eigenvalue weighted by Gasteiger charge is -2.31. The Kier molecular flexibility index (Phi) is 8.86. The molecule has 0 atom stereocenters. The van der Waals surface area contributed by atoms with Gasteiger partial charge in [0.05, 0.1) is 13.2 Å². The summed E-state index contributed by atoms with van der Waals surface area (Å²) < 4.78 is 4.84. The fourth-order valence-corrected chi connectivity index (χ4v) is 3.19. The van der Waals surface area contributed by atoms with E-state index in [9.17, 15) is 14.4 Å². The molecule has 0 saturated carbocycles. The highest BCUT2D eigenvalue weighted by molar-refractivity contribution is 5.92. The summed E-state index contributed by atoms with van der Waals surface area (Å²) in [5.41, 5.74) is 1.55. The van der Waals surface area contributed by atoms with Crippen LogP contribution in [0.4, 0.5) is 5.69 Å². The Balaban J connectivity index is 1.75. The van der Waals surface area contributed by atoms with Crippen LogP contribution in [0.15, 0.2) is 30.3 Å². The standard InChI is InChI=1S/C22H31N3O4/c1-4-29-21(27)10-7-17-5-8-19(9-6-17)24-20(26)15-25-13-11-18(12-14-25)22(28)23-16(2)3/h5-10,16,18H,4,11-15H2,1-3H3,(H,23,28)(H,24,26)/b10-7+. The Morgan fingerprint density at radius 1 is 1.17 bits per heavy atom. The van der Waals surface area contributed by atoms with Crippen molar-refractivity contribution in [1.29, 1.82) is 0 Å². The lowest BCUT2D eigenvalue weighted by atomic mass is 9.95. The summed E-state index contributed by atoms with van der Waals surface area (Å²) in [4.78, 5) is 37.8. The van der Waals surface area contributed by atoms with Gasteiger partial charge in [-0.05, 0) is 70.5 Å². The summed E-state index contributed by atoms with van der Waals surface area (Å²) in [6, 6.07) is 7.39. The molecule has 2 N–H and O–H groups in total. The first-order valence-electron chi connectivity index (χ1n) is 10.1. The van der Waals surface area contributed by atoms with Crippen LogP contribution >= 0.6 is 0 Å². The van der Waals surface area contributed by atoms with Gasteiger partial charge in [0.1, 0.15) is 0 Å². The van der Waals surface area contributed by atoms with Crippen LogP contribution in [0, 0.1) is 5.92 Å². The molecule has 1 aliphatic heterocycles. The fourth-order valence-electron chi connectivity index (χ4n) is 3.19. The van der Waals surface area contributed by atoms with E-state index in [0.717, 1.165) is 31.5 Å². The molecule has 1 aliphatic rings. The van der Waals surface area contributed by atoms with Crippen molar-refractivity contribution >= 4 is 29.5 Å². The Morgan fingerprint density at radius 2 is 1.83 bits per heavy atom. The van der Waals surface area contributed by atoms with Crippen LogP contribution in [0.3, 0.4) is 0 Å². The van der Waals surface area contributed by atoms with Gasteiger partial charge in [0.15, 0.2) is 0 Å². The summed E-state index contributed by atoms with van der Waals surface area (Å²) in [5.74, 6) is -0.312. The summed E-state index contributed by atoms with van der Waals surface area (Å²) in [6.07, 6.45) is 4.59. The van der Waals surface area contributed by atoms with Crippen molar-refractivity contribution in [2.45, 2.75) is 39.7 Å². The van der Waals surface area contributed by atoms with Crippen molar-refractivity contribution in [3.63, 3.8) is 0 Å². The van der Waals surface area contributed by atoms with Crippen LogP contribution in [0.1, 0.15) is 39.2 Å². The highest BCUT2D eigenvalue weighted by Crippen LogP contribution is 2.18. The van der Waals surface area contributed by atoms with E-state index in [1.54, 1.807) is 25.1 Å². The molecule has 2 rings (SSSR count). The highest BCUT2D eigenvalue weighted by atomic mass is 16.5. The van der Waals surface area contributed by atoms with E-state index in [0.29, 0.717) is 18.8 Å². The molecule has 7 heteroatoms. The summed E-state index contributed by atoms with van der Waals surface area (Å²) in [6.45, 7) is 7.80. The largest absolute Gasteiger partial charge is 0.463 e. The minimum absolute atomic E-state index is 0.0342. The second-order valence-electron chi connectivity index (χ2n) is 7.47. The number of hydrogen-bond acceptors (Lipinski definition) is 5. The SMILES string of the molecule is CCOC(=O)/C=C/c1ccc(NC(=O)CN2CCC(C(=O)NC(C)C)CC2)cc1. The monoisotopic (exact) mass is 401 g/mol. The van der Waals surface area contributed by atoms with Gasteiger partial charge in [-0.15, -0.1) is 0 Å². The Bertz CT molecular complexity index is 720. The first-order chi connectivity index (χ1) is 13.9. The first-order valence-corrected chi connectivity index (χ1v) is 10.1. The molecule has 0 aromatic heterocycles. The Hall–Kier alpha value is -2.67. The van der Waals surface area contributed by atoms with Crippen molar-refractivity contribution < 1.29 is 19.1 Å². The summed E-state index contributed by atoms with van der Waals surface area (Å²) >= 11 is 0. The first kappa shape index (κ1) is 22.6. The molecular formula is C22H31N3O4. The number of anilines is 1. The third-order valence-electron chi connectivity index (χ3n) is 4.65. The van der Waals surface area contributed by atoms with Crippen LogP contribution in [0.25, 0.3) is 6.08 Å². The molecule has 158 valence electrons. The maximum absolute atomic E-state index is 12.3. The predicted octanol–water partition coefficient (Wildman–Crippen LogP) is 2.44. The molecule has 1 aromatic carbocycles. The number of ether oxygens (including phenoxy) is 1. The number of nitrogens with one attached hydrogen (secondary N) is 2. The number of benzene rings is 1. The number of esters is 1. The fraction of sp³-hybridized carbons (Fsp3) is 0.500. The quantitative estimate of drug-likeness (QED) is 0.516. The van der Waals surface area contributed by atoms with Gasteiger partial charge in [-0.2, -0.15) is 0 Å². The van der Waals surface area contributed by atoms with Crippen molar-refractivity contribution in [1.82, 2.24) is 10.2 Å². The van der Waals surface area contributed by atoms with Gasteiger partial charge in [-0.25, -0.2) is 4.79 Å². The van der Waals surface area contributed by atoms with Gasteiger partial charge >= 0.3 is 5.97 Å². The number of carbonyl (C=O) groups is 3. The van der Waals surface area contributed by atoms with Crippen molar-refractivity contribution in [3.8, 4) is 0 Å². The topological polar surface area (TPSA) is 87.7 Å².